The largest absolute Gasteiger partial charge is 0.452 e. The number of ether oxygens (including phenoxy) is 1. The molecule has 1 aliphatic heterocycles. The molecule has 1 N–H and O–H groups in total. The summed E-state index contributed by atoms with van der Waals surface area (Å²) in [4.78, 5) is 38.8. The normalized spacial score (nSPS) is 15.0. The maximum atomic E-state index is 12.8. The van der Waals surface area contributed by atoms with Gasteiger partial charge in [-0.1, -0.05) is 24.3 Å². The van der Waals surface area contributed by atoms with E-state index in [2.05, 4.69) is 21.2 Å². The Morgan fingerprint density at radius 2 is 1.77 bits per heavy atom. The number of carbonyl (C=O) groups is 3. The van der Waals surface area contributed by atoms with E-state index in [0.717, 1.165) is 0 Å². The third kappa shape index (κ3) is 3.22. The maximum absolute atomic E-state index is 12.8. The maximum Gasteiger partial charge on any atom is 0.339 e. The zero-order valence-electron chi connectivity index (χ0n) is 14.3. The van der Waals surface area contributed by atoms with Gasteiger partial charge in [-0.25, -0.2) is 4.79 Å². The number of hydrogen-bond donors (Lipinski definition) is 1. The molecular formula is C19H17BrN2O4. The number of rotatable bonds is 3. The van der Waals surface area contributed by atoms with Gasteiger partial charge >= 0.3 is 5.97 Å². The second-order valence-corrected chi connectivity index (χ2v) is 7.17. The molecule has 3 rings (SSSR count). The average molecular weight is 417 g/mol. The molecule has 0 bridgehead atoms. The molecule has 7 heteroatoms. The summed E-state index contributed by atoms with van der Waals surface area (Å²) in [5.74, 6) is -1.39. The second-order valence-electron chi connectivity index (χ2n) is 6.32. The van der Waals surface area contributed by atoms with Crippen LogP contribution in [-0.4, -0.2) is 29.9 Å². The third-order valence-corrected chi connectivity index (χ3v) is 4.87. The summed E-state index contributed by atoms with van der Waals surface area (Å²) < 4.78 is 5.76. The number of nitrogens with zero attached hydrogens (tertiary/aromatic N) is 1. The SMILES string of the molecule is CC1(C)C(=O)Nc2ccccc2N1C(=O)COC(=O)c1ccccc1Br. The van der Waals surface area contributed by atoms with Crippen LogP contribution in [0.3, 0.4) is 0 Å². The molecule has 1 aliphatic rings. The first-order valence-corrected chi connectivity index (χ1v) is 8.77. The van der Waals surface area contributed by atoms with Crippen molar-refractivity contribution in [2.45, 2.75) is 19.4 Å². The Kier molecular flexibility index (Phi) is 4.82. The Labute approximate surface area is 159 Å². The summed E-state index contributed by atoms with van der Waals surface area (Å²) in [6.45, 7) is 2.82. The van der Waals surface area contributed by atoms with Crippen molar-refractivity contribution in [1.82, 2.24) is 0 Å². The summed E-state index contributed by atoms with van der Waals surface area (Å²) in [5.41, 5.74) is 0.336. The van der Waals surface area contributed by atoms with Gasteiger partial charge in [0.25, 0.3) is 5.91 Å². The van der Waals surface area contributed by atoms with Crippen molar-refractivity contribution in [3.05, 3.63) is 58.6 Å². The molecule has 0 saturated carbocycles. The molecule has 134 valence electrons. The molecule has 0 fully saturated rings. The van der Waals surface area contributed by atoms with Gasteiger partial charge in [0.1, 0.15) is 5.54 Å². The number of anilines is 2. The molecule has 6 nitrogen and oxygen atoms in total. The van der Waals surface area contributed by atoms with Crippen molar-refractivity contribution in [1.29, 1.82) is 0 Å². The summed E-state index contributed by atoms with van der Waals surface area (Å²) in [6, 6.07) is 13.8. The standard InChI is InChI=1S/C19H17BrN2O4/c1-19(2)18(25)21-14-9-5-6-10-15(14)22(19)16(23)11-26-17(24)12-7-3-4-8-13(12)20/h3-10H,11H2,1-2H3,(H,21,25). The van der Waals surface area contributed by atoms with Crippen molar-refractivity contribution in [3.8, 4) is 0 Å². The number of benzene rings is 2. The van der Waals surface area contributed by atoms with E-state index in [9.17, 15) is 14.4 Å². The van der Waals surface area contributed by atoms with Gasteiger partial charge in [0, 0.05) is 4.47 Å². The lowest BCUT2D eigenvalue weighted by molar-refractivity contribution is -0.128. The molecule has 0 aromatic heterocycles. The summed E-state index contributed by atoms with van der Waals surface area (Å²) >= 11 is 3.28. The van der Waals surface area contributed by atoms with Crippen LogP contribution in [0.4, 0.5) is 11.4 Å². The molecule has 2 aromatic rings. The Morgan fingerprint density at radius 3 is 2.50 bits per heavy atom. The van der Waals surface area contributed by atoms with Crippen molar-refractivity contribution in [2.75, 3.05) is 16.8 Å². The van der Waals surface area contributed by atoms with Gasteiger partial charge in [-0.3, -0.25) is 14.5 Å². The van der Waals surface area contributed by atoms with E-state index >= 15 is 0 Å². The molecule has 2 amide bonds. The highest BCUT2D eigenvalue weighted by atomic mass is 79.9. The van der Waals surface area contributed by atoms with E-state index in [4.69, 9.17) is 4.74 Å². The zero-order chi connectivity index (χ0) is 18.9. The number of amides is 2. The van der Waals surface area contributed by atoms with Gasteiger partial charge in [0.05, 0.1) is 16.9 Å². The summed E-state index contributed by atoms with van der Waals surface area (Å²) in [6.07, 6.45) is 0. The molecule has 0 radical (unpaired) electrons. The Morgan fingerprint density at radius 1 is 1.12 bits per heavy atom. The van der Waals surface area contributed by atoms with Crippen LogP contribution >= 0.6 is 15.9 Å². The minimum absolute atomic E-state index is 0.304. The first-order chi connectivity index (χ1) is 12.3. The fraction of sp³-hybridized carbons (Fsp3) is 0.211. The van der Waals surface area contributed by atoms with Crippen LogP contribution in [0.15, 0.2) is 53.0 Å². The van der Waals surface area contributed by atoms with Crippen molar-refractivity contribution in [2.24, 2.45) is 0 Å². The highest BCUT2D eigenvalue weighted by Gasteiger charge is 2.43. The lowest BCUT2D eigenvalue weighted by Crippen LogP contribution is -2.59. The predicted molar refractivity (Wildman–Crippen MR) is 101 cm³/mol. The molecule has 0 unspecified atom stereocenters. The monoisotopic (exact) mass is 416 g/mol. The number of hydrogen-bond acceptors (Lipinski definition) is 4. The van der Waals surface area contributed by atoms with Crippen LogP contribution < -0.4 is 10.2 Å². The molecule has 2 aromatic carbocycles. The lowest BCUT2D eigenvalue weighted by atomic mass is 9.96. The first-order valence-electron chi connectivity index (χ1n) is 7.97. The van der Waals surface area contributed by atoms with Crippen LogP contribution in [0.5, 0.6) is 0 Å². The van der Waals surface area contributed by atoms with E-state index in [0.29, 0.717) is 21.4 Å². The number of fused-ring (bicyclic) bond motifs is 1. The van der Waals surface area contributed by atoms with Crippen LogP contribution in [-0.2, 0) is 14.3 Å². The Hall–Kier alpha value is -2.67. The average Bonchev–Trinajstić information content (AvgIpc) is 2.60. The summed E-state index contributed by atoms with van der Waals surface area (Å²) in [5, 5.41) is 2.79. The van der Waals surface area contributed by atoms with Crippen molar-refractivity contribution in [3.63, 3.8) is 0 Å². The van der Waals surface area contributed by atoms with Crippen LogP contribution in [0, 0.1) is 0 Å². The molecule has 26 heavy (non-hydrogen) atoms. The molecule has 0 aliphatic carbocycles. The van der Waals surface area contributed by atoms with E-state index in [1.165, 1.54) is 4.90 Å². The third-order valence-electron chi connectivity index (χ3n) is 4.18. The van der Waals surface area contributed by atoms with Gasteiger partial charge in [-0.15, -0.1) is 0 Å². The smallest absolute Gasteiger partial charge is 0.339 e. The topological polar surface area (TPSA) is 75.7 Å². The van der Waals surface area contributed by atoms with E-state index in [-0.39, 0.29) is 5.91 Å². The van der Waals surface area contributed by atoms with Gasteiger partial charge < -0.3 is 10.1 Å². The van der Waals surface area contributed by atoms with Gasteiger partial charge in [0.2, 0.25) is 5.91 Å². The van der Waals surface area contributed by atoms with Gasteiger partial charge in [0.15, 0.2) is 6.61 Å². The predicted octanol–water partition coefficient (Wildman–Crippen LogP) is 3.37. The van der Waals surface area contributed by atoms with E-state index in [1.54, 1.807) is 62.4 Å². The number of nitrogens with one attached hydrogen (secondary N) is 1. The molecule has 0 saturated heterocycles. The number of esters is 1. The van der Waals surface area contributed by atoms with E-state index in [1.807, 2.05) is 0 Å². The highest BCUT2D eigenvalue weighted by Crippen LogP contribution is 2.36. The van der Waals surface area contributed by atoms with Gasteiger partial charge in [-0.05, 0) is 54.0 Å². The van der Waals surface area contributed by atoms with Crippen molar-refractivity contribution < 1.29 is 19.1 Å². The Balaban J connectivity index is 1.82. The van der Waals surface area contributed by atoms with Crippen molar-refractivity contribution >= 4 is 45.1 Å². The van der Waals surface area contributed by atoms with Gasteiger partial charge in [-0.2, -0.15) is 0 Å². The van der Waals surface area contributed by atoms with Crippen LogP contribution in [0.25, 0.3) is 0 Å². The number of halogens is 1. The highest BCUT2D eigenvalue weighted by molar-refractivity contribution is 9.10. The first kappa shape index (κ1) is 18.1. The van der Waals surface area contributed by atoms with E-state index < -0.39 is 24.0 Å². The van der Waals surface area contributed by atoms with Crippen LogP contribution in [0.1, 0.15) is 24.2 Å². The summed E-state index contributed by atoms with van der Waals surface area (Å²) in [7, 11) is 0. The number of carbonyl (C=O) groups excluding carboxylic acids is 3. The second kappa shape index (κ2) is 6.92. The lowest BCUT2D eigenvalue weighted by Gasteiger charge is -2.41. The van der Waals surface area contributed by atoms with Crippen LogP contribution in [0.2, 0.25) is 0 Å². The molecule has 0 atom stereocenters. The molecule has 0 spiro atoms. The fourth-order valence-corrected chi connectivity index (χ4v) is 3.24. The fourth-order valence-electron chi connectivity index (χ4n) is 2.79. The zero-order valence-corrected chi connectivity index (χ0v) is 15.9. The minimum atomic E-state index is -1.11. The number of para-hydroxylation sites is 2. The molecular weight excluding hydrogens is 400 g/mol. The minimum Gasteiger partial charge on any atom is -0.452 e. The molecule has 1 heterocycles. The quantitative estimate of drug-likeness (QED) is 0.778. The Bertz CT molecular complexity index is 895.